The molecule has 1 aliphatic rings. The number of thiocarbonyl (C=S) groups is 1. The Morgan fingerprint density at radius 2 is 1.84 bits per heavy atom. The molecule has 154 valence electrons. The summed E-state index contributed by atoms with van der Waals surface area (Å²) in [7, 11) is 0. The molecule has 5 rings (SSSR count). The quantitative estimate of drug-likeness (QED) is 0.405. The van der Waals surface area contributed by atoms with Crippen LogP contribution in [0.3, 0.4) is 0 Å². The third-order valence-corrected chi connectivity index (χ3v) is 5.74. The van der Waals surface area contributed by atoms with Crippen LogP contribution in [0.25, 0.3) is 11.3 Å². The lowest BCUT2D eigenvalue weighted by Crippen LogP contribution is -2.29. The largest absolute Gasteiger partial charge is 0.459 e. The summed E-state index contributed by atoms with van der Waals surface area (Å²) in [6, 6.07) is 23.8. The molecule has 0 unspecified atom stereocenters. The molecule has 0 saturated carbocycles. The van der Waals surface area contributed by atoms with E-state index < -0.39 is 0 Å². The molecule has 31 heavy (non-hydrogen) atoms. The summed E-state index contributed by atoms with van der Waals surface area (Å²) in [5.41, 5.74) is 3.83. The maximum atomic E-state index is 13.3. The molecule has 2 aromatic heterocycles. The van der Waals surface area contributed by atoms with Crippen LogP contribution >= 0.6 is 12.2 Å². The van der Waals surface area contributed by atoms with E-state index in [0.717, 1.165) is 28.3 Å². The summed E-state index contributed by atoms with van der Waals surface area (Å²) in [6.07, 6.45) is 1.78. The van der Waals surface area contributed by atoms with E-state index in [4.69, 9.17) is 16.6 Å². The van der Waals surface area contributed by atoms with Gasteiger partial charge in [0.15, 0.2) is 5.11 Å². The summed E-state index contributed by atoms with van der Waals surface area (Å²) >= 11 is 5.74. The Bertz CT molecular complexity index is 1220. The predicted octanol–water partition coefficient (Wildman–Crippen LogP) is 5.97. The van der Waals surface area contributed by atoms with Crippen LogP contribution in [0.5, 0.6) is 0 Å². The lowest BCUT2D eigenvalue weighted by atomic mass is 10.0. The summed E-state index contributed by atoms with van der Waals surface area (Å²) in [5, 5.41) is 4.05. The fourth-order valence-corrected chi connectivity index (χ4v) is 4.33. The number of benzene rings is 2. The maximum Gasteiger partial charge on any atom is 0.174 e. The van der Waals surface area contributed by atoms with Gasteiger partial charge in [0, 0.05) is 17.4 Å². The van der Waals surface area contributed by atoms with Gasteiger partial charge in [-0.25, -0.2) is 4.39 Å². The van der Waals surface area contributed by atoms with Crippen LogP contribution in [0.4, 0.5) is 10.1 Å². The lowest BCUT2D eigenvalue weighted by Gasteiger charge is -2.26. The van der Waals surface area contributed by atoms with Crippen molar-refractivity contribution in [2.24, 2.45) is 0 Å². The van der Waals surface area contributed by atoms with Crippen molar-refractivity contribution in [2.75, 3.05) is 4.90 Å². The van der Waals surface area contributed by atoms with E-state index >= 15 is 0 Å². The van der Waals surface area contributed by atoms with Crippen molar-refractivity contribution >= 4 is 23.0 Å². The molecular weight excluding hydrogens is 409 g/mol. The monoisotopic (exact) mass is 429 g/mol. The standard InChI is InChI=1S/C25H20FN3OS/c1-16-5-4-6-19(15-16)29-24(23(28-25(29)31)20-7-2-3-14-27-20)22-13-12-21(30-22)17-8-10-18(26)11-9-17/h2-15,23-24H,1H3,(H,28,31)/t23-,24+/m1/s1. The first-order valence-corrected chi connectivity index (χ1v) is 10.4. The number of halogens is 1. The van der Waals surface area contributed by atoms with E-state index in [9.17, 15) is 4.39 Å². The van der Waals surface area contributed by atoms with Crippen molar-refractivity contribution in [3.63, 3.8) is 0 Å². The van der Waals surface area contributed by atoms with Crippen molar-refractivity contribution < 1.29 is 8.81 Å². The Hall–Kier alpha value is -3.51. The minimum Gasteiger partial charge on any atom is -0.459 e. The van der Waals surface area contributed by atoms with Crippen molar-refractivity contribution in [3.8, 4) is 11.3 Å². The Labute approximate surface area is 185 Å². The average Bonchev–Trinajstić information content (AvgIpc) is 3.39. The fourth-order valence-electron chi connectivity index (χ4n) is 3.98. The Kier molecular flexibility index (Phi) is 5.00. The maximum absolute atomic E-state index is 13.3. The molecule has 0 amide bonds. The third kappa shape index (κ3) is 3.70. The topological polar surface area (TPSA) is 41.3 Å². The second-order valence-electron chi connectivity index (χ2n) is 7.54. The molecule has 1 N–H and O–H groups in total. The number of nitrogens with one attached hydrogen (secondary N) is 1. The fraction of sp³-hybridized carbons (Fsp3) is 0.120. The van der Waals surface area contributed by atoms with Crippen molar-refractivity contribution in [1.82, 2.24) is 10.3 Å². The normalized spacial score (nSPS) is 18.3. The van der Waals surface area contributed by atoms with E-state index in [2.05, 4.69) is 34.3 Å². The first-order chi connectivity index (χ1) is 15.1. The van der Waals surface area contributed by atoms with Gasteiger partial charge in [-0.3, -0.25) is 4.98 Å². The first-order valence-electron chi connectivity index (χ1n) is 10.0. The Morgan fingerprint density at radius 3 is 2.58 bits per heavy atom. The highest BCUT2D eigenvalue weighted by Gasteiger charge is 2.42. The number of hydrogen-bond acceptors (Lipinski definition) is 3. The van der Waals surface area contributed by atoms with E-state index in [0.29, 0.717) is 10.9 Å². The molecule has 1 fully saturated rings. The van der Waals surface area contributed by atoms with Gasteiger partial charge in [0.2, 0.25) is 0 Å². The highest BCUT2D eigenvalue weighted by atomic mass is 32.1. The van der Waals surface area contributed by atoms with Gasteiger partial charge in [-0.15, -0.1) is 0 Å². The van der Waals surface area contributed by atoms with Crippen molar-refractivity contribution in [3.05, 3.63) is 108 Å². The van der Waals surface area contributed by atoms with Gasteiger partial charge in [0.1, 0.15) is 23.4 Å². The molecule has 4 aromatic rings. The molecule has 0 aliphatic carbocycles. The number of pyridine rings is 1. The van der Waals surface area contributed by atoms with Crippen LogP contribution in [-0.4, -0.2) is 10.1 Å². The molecule has 0 radical (unpaired) electrons. The van der Waals surface area contributed by atoms with Gasteiger partial charge in [-0.2, -0.15) is 0 Å². The predicted molar refractivity (Wildman–Crippen MR) is 123 cm³/mol. The van der Waals surface area contributed by atoms with Crippen LogP contribution in [0.1, 0.15) is 29.1 Å². The zero-order valence-corrected chi connectivity index (χ0v) is 17.6. The van der Waals surface area contributed by atoms with Crippen molar-refractivity contribution in [1.29, 1.82) is 0 Å². The third-order valence-electron chi connectivity index (χ3n) is 5.42. The van der Waals surface area contributed by atoms with E-state index in [1.807, 2.05) is 42.5 Å². The number of anilines is 1. The van der Waals surface area contributed by atoms with Crippen LogP contribution in [-0.2, 0) is 0 Å². The van der Waals surface area contributed by atoms with Gasteiger partial charge in [-0.1, -0.05) is 18.2 Å². The summed E-state index contributed by atoms with van der Waals surface area (Å²) in [4.78, 5) is 6.64. The van der Waals surface area contributed by atoms with E-state index in [1.165, 1.54) is 12.1 Å². The summed E-state index contributed by atoms with van der Waals surface area (Å²) in [6.45, 7) is 2.06. The van der Waals surface area contributed by atoms with Crippen molar-refractivity contribution in [2.45, 2.75) is 19.0 Å². The summed E-state index contributed by atoms with van der Waals surface area (Å²) in [5.74, 6) is 1.15. The number of hydrogen-bond donors (Lipinski definition) is 1. The second kappa shape index (κ2) is 7.96. The van der Waals surface area contributed by atoms with Crippen LogP contribution in [0, 0.1) is 12.7 Å². The van der Waals surface area contributed by atoms with Gasteiger partial charge < -0.3 is 14.6 Å². The molecule has 3 heterocycles. The zero-order valence-electron chi connectivity index (χ0n) is 16.8. The molecular formula is C25H20FN3OS. The minimum atomic E-state index is -0.276. The average molecular weight is 430 g/mol. The summed E-state index contributed by atoms with van der Waals surface area (Å²) < 4.78 is 19.6. The second-order valence-corrected chi connectivity index (χ2v) is 7.93. The van der Waals surface area contributed by atoms with Gasteiger partial charge in [0.25, 0.3) is 0 Å². The van der Waals surface area contributed by atoms with Gasteiger partial charge >= 0.3 is 0 Å². The zero-order chi connectivity index (χ0) is 21.4. The number of rotatable bonds is 4. The van der Waals surface area contributed by atoms with Crippen LogP contribution in [0.15, 0.2) is 89.5 Å². The number of nitrogens with zero attached hydrogens (tertiary/aromatic N) is 2. The van der Waals surface area contributed by atoms with Crippen LogP contribution in [0.2, 0.25) is 0 Å². The number of aryl methyl sites for hydroxylation is 1. The molecule has 1 saturated heterocycles. The smallest absolute Gasteiger partial charge is 0.174 e. The Morgan fingerprint density at radius 1 is 1.00 bits per heavy atom. The highest BCUT2D eigenvalue weighted by Crippen LogP contribution is 2.43. The van der Waals surface area contributed by atoms with Gasteiger partial charge in [-0.05, 0) is 85.4 Å². The molecule has 0 bridgehead atoms. The van der Waals surface area contributed by atoms with Gasteiger partial charge in [0.05, 0.1) is 11.7 Å². The molecule has 1 aliphatic heterocycles. The molecule has 2 aromatic carbocycles. The minimum absolute atomic E-state index is 0.179. The highest BCUT2D eigenvalue weighted by molar-refractivity contribution is 7.80. The first kappa shape index (κ1) is 19.5. The van der Waals surface area contributed by atoms with Crippen LogP contribution < -0.4 is 10.2 Å². The molecule has 0 spiro atoms. The Balaban J connectivity index is 1.60. The van der Waals surface area contributed by atoms with E-state index in [1.54, 1.807) is 18.3 Å². The lowest BCUT2D eigenvalue weighted by molar-refractivity contribution is 0.439. The number of aromatic nitrogens is 1. The van der Waals surface area contributed by atoms with E-state index in [-0.39, 0.29) is 17.9 Å². The molecule has 2 atom stereocenters. The number of furan rings is 1. The SMILES string of the molecule is Cc1cccc(N2C(=S)N[C@H](c3ccccn3)[C@@H]2c2ccc(-c3ccc(F)cc3)o2)c1. The molecule has 6 heteroatoms. The molecule has 4 nitrogen and oxygen atoms in total.